The number of hydrogen-bond donors (Lipinski definition) is 0. The summed E-state index contributed by atoms with van der Waals surface area (Å²) in [6.45, 7) is 3.81. The van der Waals surface area contributed by atoms with Gasteiger partial charge < -0.3 is 9.30 Å². The molecule has 5 rings (SSSR count). The van der Waals surface area contributed by atoms with Gasteiger partial charge in [0.15, 0.2) is 4.80 Å². The number of ether oxygens (including phenoxy) is 1. The van der Waals surface area contributed by atoms with E-state index >= 15 is 0 Å². The molecular formula is C19H28N2O2S. The fraction of sp³-hybridized carbons (Fsp3) is 0.789. The van der Waals surface area contributed by atoms with Crippen molar-refractivity contribution in [1.29, 1.82) is 0 Å². The molecule has 0 spiro atoms. The maximum absolute atomic E-state index is 13.1. The van der Waals surface area contributed by atoms with Crippen LogP contribution < -0.4 is 4.80 Å². The highest BCUT2D eigenvalue weighted by molar-refractivity contribution is 7.09. The van der Waals surface area contributed by atoms with E-state index in [0.717, 1.165) is 55.5 Å². The molecule has 0 N–H and O–H groups in total. The van der Waals surface area contributed by atoms with Crippen LogP contribution in [-0.2, 0) is 16.1 Å². The van der Waals surface area contributed by atoms with Gasteiger partial charge in [-0.2, -0.15) is 4.99 Å². The first kappa shape index (κ1) is 16.5. The van der Waals surface area contributed by atoms with E-state index in [9.17, 15) is 4.79 Å². The van der Waals surface area contributed by atoms with Crippen LogP contribution in [0.1, 0.15) is 49.8 Å². The average Bonchev–Trinajstić information content (AvgIpc) is 3.10. The van der Waals surface area contributed by atoms with E-state index < -0.39 is 0 Å². The normalized spacial score (nSPS) is 34.4. The zero-order chi connectivity index (χ0) is 16.7. The Labute approximate surface area is 147 Å². The highest BCUT2D eigenvalue weighted by Gasteiger charge is 2.61. The van der Waals surface area contributed by atoms with Crippen molar-refractivity contribution in [3.8, 4) is 0 Å². The van der Waals surface area contributed by atoms with Gasteiger partial charge in [0.2, 0.25) is 0 Å². The monoisotopic (exact) mass is 348 g/mol. The zero-order valence-electron chi connectivity index (χ0n) is 14.8. The van der Waals surface area contributed by atoms with E-state index in [4.69, 9.17) is 4.74 Å². The molecule has 132 valence electrons. The minimum atomic E-state index is -0.0979. The van der Waals surface area contributed by atoms with Crippen LogP contribution in [0.2, 0.25) is 0 Å². The maximum Gasteiger partial charge on any atom is 0.254 e. The Morgan fingerprint density at radius 1 is 1.33 bits per heavy atom. The van der Waals surface area contributed by atoms with Gasteiger partial charge in [-0.25, -0.2) is 0 Å². The van der Waals surface area contributed by atoms with Crippen molar-refractivity contribution in [3.63, 3.8) is 0 Å². The van der Waals surface area contributed by atoms with E-state index in [1.807, 2.05) is 0 Å². The van der Waals surface area contributed by atoms with Crippen LogP contribution in [0.25, 0.3) is 0 Å². The lowest BCUT2D eigenvalue weighted by Gasteiger charge is -2.29. The number of carbonyl (C=O) groups excluding carboxylic acids is 1. The fourth-order valence-electron chi connectivity index (χ4n) is 5.62. The lowest BCUT2D eigenvalue weighted by Crippen LogP contribution is -2.33. The summed E-state index contributed by atoms with van der Waals surface area (Å²) in [4.78, 5) is 19.9. The summed E-state index contributed by atoms with van der Waals surface area (Å²) < 4.78 is 7.29. The Kier molecular flexibility index (Phi) is 4.42. The molecule has 0 aliphatic heterocycles. The Morgan fingerprint density at radius 2 is 2.08 bits per heavy atom. The number of hydrogen-bond acceptors (Lipinski definition) is 3. The average molecular weight is 349 g/mol. The van der Waals surface area contributed by atoms with Gasteiger partial charge in [-0.15, -0.1) is 11.3 Å². The maximum atomic E-state index is 13.1. The van der Waals surface area contributed by atoms with Crippen molar-refractivity contribution in [2.45, 2.75) is 58.4 Å². The molecule has 2 atom stereocenters. The quantitative estimate of drug-likeness (QED) is 0.738. The number of thiazole rings is 1. The molecule has 0 radical (unpaired) electrons. The van der Waals surface area contributed by atoms with Gasteiger partial charge in [-0.3, -0.25) is 4.79 Å². The summed E-state index contributed by atoms with van der Waals surface area (Å²) in [6.07, 6.45) is 10.4. The third-order valence-corrected chi connectivity index (χ3v) is 7.38. The fourth-order valence-corrected chi connectivity index (χ4v) is 6.48. The second-order valence-electron chi connectivity index (χ2n) is 8.14. The summed E-state index contributed by atoms with van der Waals surface area (Å²) in [5, 5.41) is 0. The predicted molar refractivity (Wildman–Crippen MR) is 94.7 cm³/mol. The SMILES string of the molecule is COCCCCn1cc(C)sc1=NC(=O)C12CC3CC(CC1C3)C2. The first-order valence-corrected chi connectivity index (χ1v) is 10.2. The Bertz CT molecular complexity index is 676. The van der Waals surface area contributed by atoms with Crippen LogP contribution in [-0.4, -0.2) is 24.2 Å². The van der Waals surface area contributed by atoms with Crippen molar-refractivity contribution < 1.29 is 9.53 Å². The van der Waals surface area contributed by atoms with Crippen molar-refractivity contribution in [2.75, 3.05) is 13.7 Å². The molecule has 0 saturated heterocycles. The highest BCUT2D eigenvalue weighted by Crippen LogP contribution is 2.65. The number of rotatable bonds is 6. The number of aromatic nitrogens is 1. The molecule has 24 heavy (non-hydrogen) atoms. The Hall–Kier alpha value is -0.940. The van der Waals surface area contributed by atoms with Crippen molar-refractivity contribution in [3.05, 3.63) is 15.9 Å². The predicted octanol–water partition coefficient (Wildman–Crippen LogP) is 3.54. The van der Waals surface area contributed by atoms with Gasteiger partial charge in [0, 0.05) is 31.3 Å². The molecule has 4 aliphatic carbocycles. The lowest BCUT2D eigenvalue weighted by molar-refractivity contribution is -0.129. The number of aryl methyl sites for hydroxylation is 2. The third kappa shape index (κ3) is 2.80. The van der Waals surface area contributed by atoms with E-state index in [0.29, 0.717) is 5.92 Å². The molecule has 5 heteroatoms. The van der Waals surface area contributed by atoms with E-state index in [-0.39, 0.29) is 11.3 Å². The first-order valence-electron chi connectivity index (χ1n) is 9.35. The number of carbonyl (C=O) groups is 1. The van der Waals surface area contributed by atoms with Crippen molar-refractivity contribution in [2.24, 2.45) is 28.2 Å². The topological polar surface area (TPSA) is 43.6 Å². The van der Waals surface area contributed by atoms with Crippen LogP contribution in [0.3, 0.4) is 0 Å². The van der Waals surface area contributed by atoms with Gasteiger partial charge in [-0.1, -0.05) is 0 Å². The van der Waals surface area contributed by atoms with Crippen molar-refractivity contribution >= 4 is 17.2 Å². The smallest absolute Gasteiger partial charge is 0.254 e. The molecule has 1 heterocycles. The first-order chi connectivity index (χ1) is 11.6. The number of nitrogens with zero attached hydrogens (tertiary/aromatic N) is 2. The number of methoxy groups -OCH3 is 1. The molecule has 0 aromatic carbocycles. The highest BCUT2D eigenvalue weighted by atomic mass is 32.1. The van der Waals surface area contributed by atoms with Crippen LogP contribution >= 0.6 is 11.3 Å². The van der Waals surface area contributed by atoms with E-state index in [2.05, 4.69) is 22.7 Å². The Balaban J connectivity index is 1.54. The summed E-state index contributed by atoms with van der Waals surface area (Å²) >= 11 is 1.65. The molecule has 1 aromatic rings. The van der Waals surface area contributed by atoms with Crippen molar-refractivity contribution in [1.82, 2.24) is 4.57 Å². The number of amides is 1. The molecule has 1 aromatic heterocycles. The summed E-state index contributed by atoms with van der Waals surface area (Å²) in [7, 11) is 1.74. The minimum absolute atomic E-state index is 0.0979. The second kappa shape index (κ2) is 6.41. The molecule has 2 unspecified atom stereocenters. The number of unbranched alkanes of at least 4 members (excludes halogenated alkanes) is 1. The molecule has 1 amide bonds. The minimum Gasteiger partial charge on any atom is -0.385 e. The summed E-state index contributed by atoms with van der Waals surface area (Å²) in [5.41, 5.74) is -0.0979. The van der Waals surface area contributed by atoms with Gasteiger partial charge in [0.1, 0.15) is 0 Å². The molecule has 4 nitrogen and oxygen atoms in total. The van der Waals surface area contributed by atoms with Gasteiger partial charge in [0.05, 0.1) is 5.41 Å². The molecule has 4 fully saturated rings. The van der Waals surface area contributed by atoms with E-state index in [1.54, 1.807) is 18.4 Å². The largest absolute Gasteiger partial charge is 0.385 e. The second-order valence-corrected chi connectivity index (χ2v) is 9.35. The summed E-state index contributed by atoms with van der Waals surface area (Å²) in [5.74, 6) is 2.40. The zero-order valence-corrected chi connectivity index (χ0v) is 15.6. The van der Waals surface area contributed by atoms with Crippen LogP contribution in [0.15, 0.2) is 11.2 Å². The summed E-state index contributed by atoms with van der Waals surface area (Å²) in [6, 6.07) is 0. The molecular weight excluding hydrogens is 320 g/mol. The van der Waals surface area contributed by atoms with Crippen LogP contribution in [0, 0.1) is 30.1 Å². The Morgan fingerprint density at radius 3 is 2.79 bits per heavy atom. The van der Waals surface area contributed by atoms with E-state index in [1.165, 1.54) is 24.1 Å². The van der Waals surface area contributed by atoms with Crippen LogP contribution in [0.5, 0.6) is 0 Å². The van der Waals surface area contributed by atoms with Gasteiger partial charge in [0.25, 0.3) is 5.91 Å². The van der Waals surface area contributed by atoms with Crippen LogP contribution in [0.4, 0.5) is 0 Å². The molecule has 4 saturated carbocycles. The van der Waals surface area contributed by atoms with Gasteiger partial charge in [-0.05, 0) is 69.6 Å². The molecule has 4 aliphatic rings. The third-order valence-electron chi connectivity index (χ3n) is 6.45. The standard InChI is InChI=1S/C19H28N2O2S/c1-13-12-21(5-3-4-6-23-2)18(24-13)20-17(22)19-10-14-7-15(11-19)9-16(19)8-14/h12,14-16H,3-11H2,1-2H3. The lowest BCUT2D eigenvalue weighted by atomic mass is 9.75. The van der Waals surface area contributed by atoms with Gasteiger partial charge >= 0.3 is 0 Å². The molecule has 4 bridgehead atoms.